The number of hydrogen-bond donors (Lipinski definition) is 1. The zero-order chi connectivity index (χ0) is 28.1. The molecule has 0 bridgehead atoms. The van der Waals surface area contributed by atoms with Crippen LogP contribution in [-0.4, -0.2) is 62.1 Å². The summed E-state index contributed by atoms with van der Waals surface area (Å²) in [5.41, 5.74) is 1.07. The van der Waals surface area contributed by atoms with Gasteiger partial charge in [0.25, 0.3) is 0 Å². The van der Waals surface area contributed by atoms with E-state index >= 15 is 0 Å². The molecule has 0 radical (unpaired) electrons. The Morgan fingerprint density at radius 2 is 1.55 bits per heavy atom. The van der Waals surface area contributed by atoms with E-state index in [1.54, 1.807) is 12.7 Å². The molecule has 0 aromatic carbocycles. The molecule has 1 saturated heterocycles. The second-order valence-electron chi connectivity index (χ2n) is 15.8. The molecule has 1 N–H and O–H groups in total. The molecule has 0 spiro atoms. The minimum Gasteiger partial charge on any atom is -0.393 e. The zero-order valence-electron chi connectivity index (χ0n) is 26.1. The molecule has 0 aromatic rings. The molecule has 5 heteroatoms. The monoisotopic (exact) mass is 532 g/mol. The Bertz CT molecular complexity index is 957. The van der Waals surface area contributed by atoms with E-state index in [-0.39, 0.29) is 57.3 Å². The maximum Gasteiger partial charge on any atom is 0.0883 e. The first-order valence-corrected chi connectivity index (χ1v) is 15.2. The van der Waals surface area contributed by atoms with Gasteiger partial charge in [-0.2, -0.15) is 0 Å². The first-order valence-electron chi connectivity index (χ1n) is 15.2. The molecule has 11 atom stereocenters. The number of fused-ring (bicyclic) bond motifs is 5. The molecule has 5 rings (SSSR count). The molecule has 1 heterocycles. The fraction of sp³-hybridized carbons (Fsp3) is 0.939. The van der Waals surface area contributed by atoms with Gasteiger partial charge in [0.05, 0.1) is 35.6 Å². The molecule has 5 aliphatic rings. The quantitative estimate of drug-likeness (QED) is 0.406. The Labute approximate surface area is 232 Å². The van der Waals surface area contributed by atoms with Gasteiger partial charge in [-0.15, -0.1) is 0 Å². The Morgan fingerprint density at radius 1 is 0.895 bits per heavy atom. The summed E-state index contributed by atoms with van der Waals surface area (Å²) >= 11 is 0. The highest BCUT2D eigenvalue weighted by Gasteiger charge is 2.72. The molecule has 0 amide bonds. The minimum absolute atomic E-state index is 0.0403. The number of rotatable bonds is 5. The van der Waals surface area contributed by atoms with Crippen molar-refractivity contribution in [1.82, 2.24) is 0 Å². The van der Waals surface area contributed by atoms with Crippen molar-refractivity contribution in [3.63, 3.8) is 0 Å². The smallest absolute Gasteiger partial charge is 0.0883 e. The standard InChI is InChI=1S/C33H56O5/c1-28(2)24(34)13-15-30(5)20-12-16-31(6)27(33(8)17-14-25(38-33)29(3,4)37-11)23(36-10)19-32(31,7)21(20)18-22(35-9)26(28)30/h12,21-27,34H,13-19H2,1-11H3/t21?,22-,23?,24?,25?,26-,27?,30?,31?,32-,33+/m0/s1. The normalized spacial score (nSPS) is 52.2. The van der Waals surface area contributed by atoms with Gasteiger partial charge in [0, 0.05) is 33.2 Å². The van der Waals surface area contributed by atoms with Crippen LogP contribution < -0.4 is 0 Å². The minimum atomic E-state index is -0.306. The van der Waals surface area contributed by atoms with Crippen molar-refractivity contribution in [2.24, 2.45) is 39.4 Å². The number of ether oxygens (including phenoxy) is 4. The predicted octanol–water partition coefficient (Wildman–Crippen LogP) is 6.57. The summed E-state index contributed by atoms with van der Waals surface area (Å²) in [5, 5.41) is 11.1. The van der Waals surface area contributed by atoms with Gasteiger partial charge in [0.15, 0.2) is 0 Å². The highest BCUT2D eigenvalue weighted by Crippen LogP contribution is 2.74. The Balaban J connectivity index is 1.57. The molecular weight excluding hydrogens is 476 g/mol. The lowest BCUT2D eigenvalue weighted by Crippen LogP contribution is -2.62. The lowest BCUT2D eigenvalue weighted by atomic mass is 9.40. The van der Waals surface area contributed by atoms with E-state index in [1.807, 2.05) is 14.2 Å². The third kappa shape index (κ3) is 3.67. The van der Waals surface area contributed by atoms with Crippen LogP contribution in [0.15, 0.2) is 11.6 Å². The van der Waals surface area contributed by atoms with Crippen LogP contribution in [0.25, 0.3) is 0 Å². The molecule has 0 aromatic heterocycles. The van der Waals surface area contributed by atoms with Crippen LogP contribution in [0.5, 0.6) is 0 Å². The fourth-order valence-electron chi connectivity index (χ4n) is 11.1. The third-order valence-corrected chi connectivity index (χ3v) is 13.5. The lowest BCUT2D eigenvalue weighted by Gasteiger charge is -2.65. The largest absolute Gasteiger partial charge is 0.393 e. The van der Waals surface area contributed by atoms with E-state index in [4.69, 9.17) is 18.9 Å². The Kier molecular flexibility index (Phi) is 6.89. The van der Waals surface area contributed by atoms with Crippen LogP contribution in [0.2, 0.25) is 0 Å². The summed E-state index contributed by atoms with van der Waals surface area (Å²) in [5.74, 6) is 1.05. The van der Waals surface area contributed by atoms with Gasteiger partial charge in [-0.3, -0.25) is 0 Å². The van der Waals surface area contributed by atoms with Crippen molar-refractivity contribution in [3.05, 3.63) is 11.6 Å². The number of methoxy groups -OCH3 is 3. The number of hydrogen-bond acceptors (Lipinski definition) is 5. The van der Waals surface area contributed by atoms with Gasteiger partial charge in [-0.05, 0) is 93.3 Å². The molecule has 1 aliphatic heterocycles. The molecule has 3 saturated carbocycles. The van der Waals surface area contributed by atoms with Gasteiger partial charge < -0.3 is 24.1 Å². The van der Waals surface area contributed by atoms with Crippen LogP contribution in [-0.2, 0) is 18.9 Å². The van der Waals surface area contributed by atoms with Gasteiger partial charge in [-0.25, -0.2) is 0 Å². The molecule has 38 heavy (non-hydrogen) atoms. The highest BCUT2D eigenvalue weighted by atomic mass is 16.6. The average Bonchev–Trinajstić information content (AvgIpc) is 3.37. The maximum absolute atomic E-state index is 11.1. The maximum atomic E-state index is 11.1. The van der Waals surface area contributed by atoms with Crippen LogP contribution in [0, 0.1) is 39.4 Å². The average molecular weight is 533 g/mol. The first kappa shape index (κ1) is 29.0. The van der Waals surface area contributed by atoms with Gasteiger partial charge in [-0.1, -0.05) is 46.3 Å². The highest BCUT2D eigenvalue weighted by molar-refractivity contribution is 5.35. The van der Waals surface area contributed by atoms with Gasteiger partial charge in [0.1, 0.15) is 0 Å². The van der Waals surface area contributed by atoms with Crippen molar-refractivity contribution in [2.45, 2.75) is 136 Å². The fourth-order valence-corrected chi connectivity index (χ4v) is 11.1. The predicted molar refractivity (Wildman–Crippen MR) is 151 cm³/mol. The van der Waals surface area contributed by atoms with Crippen molar-refractivity contribution in [3.8, 4) is 0 Å². The summed E-state index contributed by atoms with van der Waals surface area (Å²) in [7, 11) is 5.60. The third-order valence-electron chi connectivity index (χ3n) is 13.5. The topological polar surface area (TPSA) is 57.2 Å². The summed E-state index contributed by atoms with van der Waals surface area (Å²) in [6, 6.07) is 0. The van der Waals surface area contributed by atoms with Crippen LogP contribution >= 0.6 is 0 Å². The molecule has 5 nitrogen and oxygen atoms in total. The summed E-state index contributed by atoms with van der Waals surface area (Å²) in [6.07, 6.45) is 9.81. The van der Waals surface area contributed by atoms with E-state index < -0.39 is 0 Å². The summed E-state index contributed by atoms with van der Waals surface area (Å²) in [6.45, 7) is 18.8. The SMILES string of the molecule is COC1C[C@@]2(C)C3C[C@H](OC)[C@@H]4C(C)(CCC(O)C4(C)C)C3=CCC2(C)C1[C@@]1(C)CCC(C(C)(C)OC)O1. The number of allylic oxidation sites excluding steroid dienone is 2. The van der Waals surface area contributed by atoms with E-state index in [1.165, 1.54) is 0 Å². The molecule has 218 valence electrons. The number of aliphatic hydroxyl groups is 1. The molecular formula is C33H56O5. The van der Waals surface area contributed by atoms with E-state index in [2.05, 4.69) is 61.5 Å². The van der Waals surface area contributed by atoms with E-state index in [9.17, 15) is 5.11 Å². The van der Waals surface area contributed by atoms with Crippen molar-refractivity contribution in [2.75, 3.05) is 21.3 Å². The Morgan fingerprint density at radius 3 is 2.16 bits per heavy atom. The van der Waals surface area contributed by atoms with Crippen LogP contribution in [0.4, 0.5) is 0 Å². The van der Waals surface area contributed by atoms with Crippen molar-refractivity contribution < 1.29 is 24.1 Å². The summed E-state index contributed by atoms with van der Waals surface area (Å²) < 4.78 is 25.6. The van der Waals surface area contributed by atoms with E-state index in [0.29, 0.717) is 17.8 Å². The van der Waals surface area contributed by atoms with Crippen LogP contribution in [0.1, 0.15) is 100 Å². The molecule has 7 unspecified atom stereocenters. The molecule has 4 fully saturated rings. The second-order valence-corrected chi connectivity index (χ2v) is 15.8. The van der Waals surface area contributed by atoms with Crippen LogP contribution in [0.3, 0.4) is 0 Å². The van der Waals surface area contributed by atoms with Gasteiger partial charge >= 0.3 is 0 Å². The second kappa shape index (κ2) is 9.02. The molecule has 4 aliphatic carbocycles. The lowest BCUT2D eigenvalue weighted by molar-refractivity contribution is -0.191. The van der Waals surface area contributed by atoms with Crippen molar-refractivity contribution >= 4 is 0 Å². The van der Waals surface area contributed by atoms with Gasteiger partial charge in [0.2, 0.25) is 0 Å². The zero-order valence-corrected chi connectivity index (χ0v) is 26.1. The first-order chi connectivity index (χ1) is 17.6. The Hall–Kier alpha value is -0.460. The van der Waals surface area contributed by atoms with Crippen molar-refractivity contribution in [1.29, 1.82) is 0 Å². The summed E-state index contributed by atoms with van der Waals surface area (Å²) in [4.78, 5) is 0. The van der Waals surface area contributed by atoms with E-state index in [0.717, 1.165) is 44.9 Å². The number of aliphatic hydroxyl groups excluding tert-OH is 1.